The lowest BCUT2D eigenvalue weighted by Crippen LogP contribution is -2.59. The van der Waals surface area contributed by atoms with E-state index in [1.807, 2.05) is 20.8 Å². The molecule has 7 nitrogen and oxygen atoms in total. The lowest BCUT2D eigenvalue weighted by atomic mass is 10.1. The average Bonchev–Trinajstić information content (AvgIpc) is 2.51. The molecule has 2 heterocycles. The van der Waals surface area contributed by atoms with E-state index in [0.717, 1.165) is 5.69 Å². The molecule has 130 valence electrons. The third kappa shape index (κ3) is 3.25. The van der Waals surface area contributed by atoms with E-state index in [4.69, 9.17) is 14.6 Å². The van der Waals surface area contributed by atoms with Crippen molar-refractivity contribution in [3.05, 3.63) is 23.8 Å². The number of benzene rings is 1. The standard InChI is InChI=1S/C17H22N2O5/c1-17(2,3)24-16(22)18-6-7-19-12(9-18)10-23-14-8-11(15(20)21)4-5-13(14)19/h4-5,8,12H,6-7,9-10H2,1-3H3,(H,20,21)/t12-/m1/s1. The summed E-state index contributed by atoms with van der Waals surface area (Å²) in [5, 5.41) is 9.08. The zero-order valence-corrected chi connectivity index (χ0v) is 14.1. The molecule has 0 spiro atoms. The molecule has 3 rings (SSSR count). The first kappa shape index (κ1) is 16.4. The largest absolute Gasteiger partial charge is 0.489 e. The monoisotopic (exact) mass is 334 g/mol. The number of ether oxygens (including phenoxy) is 2. The average molecular weight is 334 g/mol. The van der Waals surface area contributed by atoms with Gasteiger partial charge in [0.25, 0.3) is 0 Å². The molecule has 0 saturated carbocycles. The van der Waals surface area contributed by atoms with E-state index >= 15 is 0 Å². The number of carbonyl (C=O) groups excluding carboxylic acids is 1. The van der Waals surface area contributed by atoms with Crippen molar-refractivity contribution in [2.45, 2.75) is 32.4 Å². The first-order valence-corrected chi connectivity index (χ1v) is 7.99. The number of hydrogen-bond donors (Lipinski definition) is 1. The van der Waals surface area contributed by atoms with Crippen molar-refractivity contribution in [3.63, 3.8) is 0 Å². The van der Waals surface area contributed by atoms with Crippen LogP contribution in [0.1, 0.15) is 31.1 Å². The van der Waals surface area contributed by atoms with Gasteiger partial charge in [-0.2, -0.15) is 0 Å². The smallest absolute Gasteiger partial charge is 0.410 e. The lowest BCUT2D eigenvalue weighted by Gasteiger charge is -2.45. The number of amides is 1. The van der Waals surface area contributed by atoms with Crippen molar-refractivity contribution in [2.24, 2.45) is 0 Å². The third-order valence-electron chi connectivity index (χ3n) is 4.08. The maximum absolute atomic E-state index is 12.2. The Hall–Kier alpha value is -2.44. The zero-order valence-electron chi connectivity index (χ0n) is 14.1. The van der Waals surface area contributed by atoms with Gasteiger partial charge >= 0.3 is 12.1 Å². The summed E-state index contributed by atoms with van der Waals surface area (Å²) in [5.74, 6) is -0.393. The van der Waals surface area contributed by atoms with Gasteiger partial charge in [0.15, 0.2) is 0 Å². The molecule has 1 atom stereocenters. The Morgan fingerprint density at radius 1 is 1.29 bits per heavy atom. The molecule has 2 aliphatic rings. The van der Waals surface area contributed by atoms with E-state index in [0.29, 0.717) is 32.0 Å². The summed E-state index contributed by atoms with van der Waals surface area (Å²) in [4.78, 5) is 27.2. The van der Waals surface area contributed by atoms with Gasteiger partial charge in [-0.15, -0.1) is 0 Å². The van der Waals surface area contributed by atoms with Crippen LogP contribution in [0, 0.1) is 0 Å². The minimum absolute atomic E-state index is 0.0365. The van der Waals surface area contributed by atoms with E-state index in [1.54, 1.807) is 23.1 Å². The summed E-state index contributed by atoms with van der Waals surface area (Å²) >= 11 is 0. The first-order chi connectivity index (χ1) is 11.2. The van der Waals surface area contributed by atoms with E-state index in [-0.39, 0.29) is 17.7 Å². The van der Waals surface area contributed by atoms with Gasteiger partial charge in [0, 0.05) is 19.6 Å². The number of anilines is 1. The molecular weight excluding hydrogens is 312 g/mol. The minimum atomic E-state index is -0.974. The van der Waals surface area contributed by atoms with E-state index in [9.17, 15) is 9.59 Å². The molecule has 0 unspecified atom stereocenters. The first-order valence-electron chi connectivity index (χ1n) is 7.99. The Morgan fingerprint density at radius 2 is 2.04 bits per heavy atom. The number of piperazine rings is 1. The van der Waals surface area contributed by atoms with E-state index < -0.39 is 11.6 Å². The number of aromatic carboxylic acids is 1. The summed E-state index contributed by atoms with van der Waals surface area (Å²) < 4.78 is 11.2. The maximum Gasteiger partial charge on any atom is 0.410 e. The van der Waals surface area contributed by atoms with Gasteiger partial charge in [-0.05, 0) is 39.0 Å². The Kier molecular flexibility index (Phi) is 4.03. The third-order valence-corrected chi connectivity index (χ3v) is 4.08. The molecule has 0 bridgehead atoms. The Bertz CT molecular complexity index is 667. The van der Waals surface area contributed by atoms with Crippen LogP contribution in [0.15, 0.2) is 18.2 Å². The highest BCUT2D eigenvalue weighted by Crippen LogP contribution is 2.36. The molecule has 1 amide bonds. The molecular formula is C17H22N2O5. The molecule has 1 N–H and O–H groups in total. The Balaban J connectivity index is 1.73. The van der Waals surface area contributed by atoms with Gasteiger partial charge in [0.05, 0.1) is 17.3 Å². The molecule has 7 heteroatoms. The molecule has 1 saturated heterocycles. The molecule has 0 radical (unpaired) electrons. The van der Waals surface area contributed by atoms with Gasteiger partial charge in [-0.1, -0.05) is 0 Å². The van der Waals surface area contributed by atoms with Crippen LogP contribution in [-0.4, -0.2) is 60.0 Å². The second-order valence-electron chi connectivity index (χ2n) is 7.07. The molecule has 2 aliphatic heterocycles. The second-order valence-corrected chi connectivity index (χ2v) is 7.07. The Morgan fingerprint density at radius 3 is 2.71 bits per heavy atom. The highest BCUT2D eigenvalue weighted by atomic mass is 16.6. The van der Waals surface area contributed by atoms with E-state index in [1.165, 1.54) is 0 Å². The molecule has 24 heavy (non-hydrogen) atoms. The SMILES string of the molecule is CC(C)(C)OC(=O)N1CCN2c3ccc(C(=O)O)cc3OC[C@H]2C1. The molecule has 1 aromatic rings. The minimum Gasteiger partial charge on any atom is -0.489 e. The number of nitrogens with zero attached hydrogens (tertiary/aromatic N) is 2. The van der Waals surface area contributed by atoms with Crippen LogP contribution in [0.3, 0.4) is 0 Å². The quantitative estimate of drug-likeness (QED) is 0.848. The van der Waals surface area contributed by atoms with Crippen molar-refractivity contribution in [1.29, 1.82) is 0 Å². The van der Waals surface area contributed by atoms with E-state index in [2.05, 4.69) is 4.90 Å². The van der Waals surface area contributed by atoms with Crippen LogP contribution < -0.4 is 9.64 Å². The summed E-state index contributed by atoms with van der Waals surface area (Å²) in [5.41, 5.74) is 0.566. The molecule has 1 fully saturated rings. The highest BCUT2D eigenvalue weighted by Gasteiger charge is 2.36. The predicted molar refractivity (Wildman–Crippen MR) is 87.8 cm³/mol. The topological polar surface area (TPSA) is 79.3 Å². The number of carboxylic acids is 1. The molecule has 1 aromatic carbocycles. The van der Waals surface area contributed by atoms with Crippen LogP contribution in [0.5, 0.6) is 5.75 Å². The van der Waals surface area contributed by atoms with Gasteiger partial charge in [-0.25, -0.2) is 9.59 Å². The molecule has 0 aromatic heterocycles. The normalized spacial score (nSPS) is 19.9. The van der Waals surface area contributed by atoms with Crippen LogP contribution in [0.2, 0.25) is 0 Å². The van der Waals surface area contributed by atoms with Crippen LogP contribution in [0.4, 0.5) is 10.5 Å². The van der Waals surface area contributed by atoms with Gasteiger partial charge in [0.1, 0.15) is 18.0 Å². The number of fused-ring (bicyclic) bond motifs is 3. The Labute approximate surface area is 140 Å². The summed E-state index contributed by atoms with van der Waals surface area (Å²) in [7, 11) is 0. The lowest BCUT2D eigenvalue weighted by molar-refractivity contribution is 0.0194. The van der Waals surface area contributed by atoms with Crippen molar-refractivity contribution in [1.82, 2.24) is 4.90 Å². The van der Waals surface area contributed by atoms with Crippen molar-refractivity contribution >= 4 is 17.7 Å². The van der Waals surface area contributed by atoms with Crippen molar-refractivity contribution < 1.29 is 24.2 Å². The van der Waals surface area contributed by atoms with Crippen LogP contribution >= 0.6 is 0 Å². The number of rotatable bonds is 1. The summed E-state index contributed by atoms with van der Waals surface area (Å²) in [6.45, 7) is 7.70. The van der Waals surface area contributed by atoms with Crippen LogP contribution in [0.25, 0.3) is 0 Å². The predicted octanol–water partition coefficient (Wildman–Crippen LogP) is 2.20. The summed E-state index contributed by atoms with van der Waals surface area (Å²) in [6, 6.07) is 4.93. The second kappa shape index (κ2) is 5.89. The highest BCUT2D eigenvalue weighted by molar-refractivity contribution is 5.89. The zero-order chi connectivity index (χ0) is 17.5. The maximum atomic E-state index is 12.2. The number of hydrogen-bond acceptors (Lipinski definition) is 5. The number of carbonyl (C=O) groups is 2. The van der Waals surface area contributed by atoms with Gasteiger partial charge in [-0.3, -0.25) is 0 Å². The van der Waals surface area contributed by atoms with Crippen molar-refractivity contribution in [3.8, 4) is 5.75 Å². The van der Waals surface area contributed by atoms with Gasteiger partial charge < -0.3 is 24.4 Å². The summed E-state index contributed by atoms with van der Waals surface area (Å²) in [6.07, 6.45) is -0.311. The van der Waals surface area contributed by atoms with Crippen molar-refractivity contribution in [2.75, 3.05) is 31.1 Å². The van der Waals surface area contributed by atoms with Crippen LogP contribution in [-0.2, 0) is 4.74 Å². The fraction of sp³-hybridized carbons (Fsp3) is 0.529. The van der Waals surface area contributed by atoms with Gasteiger partial charge in [0.2, 0.25) is 0 Å². The fourth-order valence-electron chi connectivity index (χ4n) is 2.99. The fourth-order valence-corrected chi connectivity index (χ4v) is 2.99. The number of carboxylic acid groups (broad SMARTS) is 1. The molecule has 0 aliphatic carbocycles.